The standard InChI is InChI=1S/C14H19N3O3/c1-8-6-9(2)16-14(12(8)13(15)20)17-5-3-4-10(17)7-11(18)19/h6,10H,3-5,7H2,1-2H3,(H2,15,20)(H,18,19). The van der Waals surface area contributed by atoms with Crippen molar-refractivity contribution in [2.75, 3.05) is 11.4 Å². The van der Waals surface area contributed by atoms with E-state index in [-0.39, 0.29) is 12.5 Å². The van der Waals surface area contributed by atoms with Crippen LogP contribution >= 0.6 is 0 Å². The number of hydrogen-bond acceptors (Lipinski definition) is 4. The molecule has 6 nitrogen and oxygen atoms in total. The first kappa shape index (κ1) is 14.3. The number of primary amides is 1. The second-order valence-corrected chi connectivity index (χ2v) is 5.23. The van der Waals surface area contributed by atoms with E-state index in [0.717, 1.165) is 24.1 Å². The van der Waals surface area contributed by atoms with Crippen LogP contribution in [-0.2, 0) is 4.79 Å². The van der Waals surface area contributed by atoms with Crippen molar-refractivity contribution in [3.05, 3.63) is 22.9 Å². The highest BCUT2D eigenvalue weighted by molar-refractivity contribution is 5.99. The van der Waals surface area contributed by atoms with Gasteiger partial charge in [0.1, 0.15) is 5.82 Å². The van der Waals surface area contributed by atoms with Crippen molar-refractivity contribution in [1.82, 2.24) is 4.98 Å². The van der Waals surface area contributed by atoms with Gasteiger partial charge in [-0.25, -0.2) is 4.98 Å². The lowest BCUT2D eigenvalue weighted by molar-refractivity contribution is -0.137. The Morgan fingerprint density at radius 3 is 2.80 bits per heavy atom. The van der Waals surface area contributed by atoms with Gasteiger partial charge in [0, 0.05) is 18.3 Å². The van der Waals surface area contributed by atoms with Crippen molar-refractivity contribution in [1.29, 1.82) is 0 Å². The summed E-state index contributed by atoms with van der Waals surface area (Å²) >= 11 is 0. The van der Waals surface area contributed by atoms with Gasteiger partial charge in [-0.1, -0.05) is 0 Å². The third kappa shape index (κ3) is 2.74. The van der Waals surface area contributed by atoms with E-state index in [1.165, 1.54) is 0 Å². The lowest BCUT2D eigenvalue weighted by atomic mass is 10.1. The molecule has 108 valence electrons. The maximum atomic E-state index is 11.7. The molecule has 1 aromatic heterocycles. The number of carboxylic acid groups (broad SMARTS) is 1. The highest BCUT2D eigenvalue weighted by atomic mass is 16.4. The lowest BCUT2D eigenvalue weighted by Gasteiger charge is -2.27. The Bertz CT molecular complexity index is 557. The number of amides is 1. The van der Waals surface area contributed by atoms with Crippen molar-refractivity contribution >= 4 is 17.7 Å². The molecule has 1 amide bonds. The zero-order valence-corrected chi connectivity index (χ0v) is 11.7. The molecule has 0 radical (unpaired) electrons. The van der Waals surface area contributed by atoms with Crippen LogP contribution in [0.2, 0.25) is 0 Å². The van der Waals surface area contributed by atoms with Gasteiger partial charge < -0.3 is 15.7 Å². The molecule has 2 heterocycles. The fourth-order valence-corrected chi connectivity index (χ4v) is 2.86. The first-order chi connectivity index (χ1) is 9.40. The SMILES string of the molecule is Cc1cc(C)c(C(N)=O)c(N2CCCC2CC(=O)O)n1. The quantitative estimate of drug-likeness (QED) is 0.863. The van der Waals surface area contributed by atoms with Gasteiger partial charge in [0.2, 0.25) is 0 Å². The minimum atomic E-state index is -0.841. The molecule has 1 unspecified atom stereocenters. The Morgan fingerprint density at radius 1 is 1.50 bits per heavy atom. The van der Waals surface area contributed by atoms with Gasteiger partial charge in [-0.15, -0.1) is 0 Å². The van der Waals surface area contributed by atoms with Crippen LogP contribution in [0.1, 0.15) is 40.9 Å². The van der Waals surface area contributed by atoms with Crippen LogP contribution in [0.25, 0.3) is 0 Å². The first-order valence-electron chi connectivity index (χ1n) is 6.66. The number of anilines is 1. The van der Waals surface area contributed by atoms with E-state index in [0.29, 0.717) is 17.9 Å². The van der Waals surface area contributed by atoms with Crippen molar-refractivity contribution < 1.29 is 14.7 Å². The summed E-state index contributed by atoms with van der Waals surface area (Å²) in [5.74, 6) is -0.836. The van der Waals surface area contributed by atoms with Gasteiger partial charge in [-0.3, -0.25) is 9.59 Å². The van der Waals surface area contributed by atoms with Gasteiger partial charge in [-0.2, -0.15) is 0 Å². The zero-order chi connectivity index (χ0) is 14.9. The van der Waals surface area contributed by atoms with Crippen molar-refractivity contribution in [3.8, 4) is 0 Å². The van der Waals surface area contributed by atoms with E-state index >= 15 is 0 Å². The normalized spacial score (nSPS) is 18.3. The number of aliphatic carboxylic acids is 1. The second kappa shape index (κ2) is 5.48. The maximum absolute atomic E-state index is 11.7. The molecule has 1 saturated heterocycles. The molecule has 1 aromatic rings. The molecule has 20 heavy (non-hydrogen) atoms. The summed E-state index contributed by atoms with van der Waals surface area (Å²) in [6, 6.07) is 1.69. The van der Waals surface area contributed by atoms with E-state index in [9.17, 15) is 9.59 Å². The van der Waals surface area contributed by atoms with Crippen LogP contribution in [0.5, 0.6) is 0 Å². The second-order valence-electron chi connectivity index (χ2n) is 5.23. The number of hydrogen-bond donors (Lipinski definition) is 2. The largest absolute Gasteiger partial charge is 0.481 e. The number of rotatable bonds is 4. The van der Waals surface area contributed by atoms with Crippen LogP contribution in [0.3, 0.4) is 0 Å². The van der Waals surface area contributed by atoms with Crippen LogP contribution in [0.4, 0.5) is 5.82 Å². The van der Waals surface area contributed by atoms with Gasteiger partial charge in [-0.05, 0) is 38.3 Å². The summed E-state index contributed by atoms with van der Waals surface area (Å²) in [4.78, 5) is 29.0. The Labute approximate surface area is 117 Å². The molecule has 0 saturated carbocycles. The number of aromatic nitrogens is 1. The van der Waals surface area contributed by atoms with Crippen LogP contribution < -0.4 is 10.6 Å². The predicted molar refractivity (Wildman–Crippen MR) is 74.8 cm³/mol. The molecule has 0 bridgehead atoms. The fourth-order valence-electron chi connectivity index (χ4n) is 2.86. The fraction of sp³-hybridized carbons (Fsp3) is 0.500. The van der Waals surface area contributed by atoms with Gasteiger partial charge in [0.15, 0.2) is 0 Å². The highest BCUT2D eigenvalue weighted by Gasteiger charge is 2.30. The zero-order valence-electron chi connectivity index (χ0n) is 11.7. The number of aryl methyl sites for hydroxylation is 2. The smallest absolute Gasteiger partial charge is 0.305 e. The minimum absolute atomic E-state index is 0.0485. The Kier molecular flexibility index (Phi) is 3.92. The molecule has 0 aliphatic carbocycles. The minimum Gasteiger partial charge on any atom is -0.481 e. The van der Waals surface area contributed by atoms with Gasteiger partial charge >= 0.3 is 5.97 Å². The summed E-state index contributed by atoms with van der Waals surface area (Å²) < 4.78 is 0. The van der Waals surface area contributed by atoms with Gasteiger partial charge in [0.25, 0.3) is 5.91 Å². The first-order valence-corrected chi connectivity index (χ1v) is 6.66. The molecular weight excluding hydrogens is 258 g/mol. The number of carbonyl (C=O) groups excluding carboxylic acids is 1. The molecule has 2 rings (SSSR count). The number of nitrogens with two attached hydrogens (primary N) is 1. The predicted octanol–water partition coefficient (Wildman–Crippen LogP) is 1.24. The molecule has 1 fully saturated rings. The van der Waals surface area contributed by atoms with Crippen molar-refractivity contribution in [2.45, 2.75) is 39.2 Å². The third-order valence-corrected chi connectivity index (χ3v) is 3.63. The van der Waals surface area contributed by atoms with E-state index < -0.39 is 11.9 Å². The molecule has 1 aliphatic rings. The molecule has 3 N–H and O–H groups in total. The Balaban J connectivity index is 2.45. The number of carboxylic acids is 1. The maximum Gasteiger partial charge on any atom is 0.305 e. The van der Waals surface area contributed by atoms with E-state index in [2.05, 4.69) is 4.98 Å². The molecule has 1 atom stereocenters. The number of carbonyl (C=O) groups is 2. The highest BCUT2D eigenvalue weighted by Crippen LogP contribution is 2.30. The average Bonchev–Trinajstić information content (AvgIpc) is 2.74. The van der Waals surface area contributed by atoms with Crippen LogP contribution in [-0.4, -0.2) is 34.6 Å². The third-order valence-electron chi connectivity index (χ3n) is 3.63. The summed E-state index contributed by atoms with van der Waals surface area (Å²) in [5.41, 5.74) is 7.43. The topological polar surface area (TPSA) is 96.5 Å². The van der Waals surface area contributed by atoms with E-state index in [4.69, 9.17) is 10.8 Å². The van der Waals surface area contributed by atoms with Crippen LogP contribution in [0, 0.1) is 13.8 Å². The molecule has 0 aromatic carbocycles. The van der Waals surface area contributed by atoms with Crippen LogP contribution in [0.15, 0.2) is 6.07 Å². The Hall–Kier alpha value is -2.11. The summed E-state index contributed by atoms with van der Waals surface area (Å²) in [6.45, 7) is 4.37. The summed E-state index contributed by atoms with van der Waals surface area (Å²) in [6.07, 6.45) is 1.73. The Morgan fingerprint density at radius 2 is 2.20 bits per heavy atom. The molecular formula is C14H19N3O3. The average molecular weight is 277 g/mol. The van der Waals surface area contributed by atoms with Crippen molar-refractivity contribution in [3.63, 3.8) is 0 Å². The number of pyridine rings is 1. The van der Waals surface area contributed by atoms with Crippen molar-refractivity contribution in [2.24, 2.45) is 5.73 Å². The van der Waals surface area contributed by atoms with E-state index in [1.807, 2.05) is 24.8 Å². The lowest BCUT2D eigenvalue weighted by Crippen LogP contribution is -2.34. The monoisotopic (exact) mass is 277 g/mol. The van der Waals surface area contributed by atoms with Gasteiger partial charge in [0.05, 0.1) is 12.0 Å². The molecule has 0 spiro atoms. The number of nitrogens with zero attached hydrogens (tertiary/aromatic N) is 2. The van der Waals surface area contributed by atoms with E-state index in [1.54, 1.807) is 0 Å². The molecule has 1 aliphatic heterocycles. The summed E-state index contributed by atoms with van der Waals surface area (Å²) in [5, 5.41) is 8.99. The summed E-state index contributed by atoms with van der Waals surface area (Å²) in [7, 11) is 0. The molecule has 6 heteroatoms.